The van der Waals surface area contributed by atoms with Gasteiger partial charge in [0.15, 0.2) is 6.04 Å². The molecule has 9 nitrogen and oxygen atoms in total. The van der Waals surface area contributed by atoms with Gasteiger partial charge in [-0.2, -0.15) is 0 Å². The molecule has 1 saturated heterocycles. The molecule has 35 heavy (non-hydrogen) atoms. The third-order valence-corrected chi connectivity index (χ3v) is 7.15. The normalized spacial score (nSPS) is 23.3. The van der Waals surface area contributed by atoms with Crippen LogP contribution in [0, 0.1) is 5.92 Å². The van der Waals surface area contributed by atoms with E-state index in [1.807, 2.05) is 24.3 Å². The van der Waals surface area contributed by atoms with Crippen molar-refractivity contribution >= 4 is 23.9 Å². The van der Waals surface area contributed by atoms with E-state index < -0.39 is 35.8 Å². The molecule has 3 N–H and O–H groups in total. The molecule has 1 unspecified atom stereocenters. The summed E-state index contributed by atoms with van der Waals surface area (Å²) in [6, 6.07) is 14.7. The SMILES string of the molecule is O=C1CC(C(=O)O)N(C(=O)[C@H]2CCC[C@@H](NC(=O)OCC3c4ccccc4-c4ccccc43)C2)N1. The van der Waals surface area contributed by atoms with Crippen LogP contribution < -0.4 is 10.7 Å². The highest BCUT2D eigenvalue weighted by Crippen LogP contribution is 2.44. The average Bonchev–Trinajstić information content (AvgIpc) is 3.41. The molecule has 0 bridgehead atoms. The van der Waals surface area contributed by atoms with Crippen molar-refractivity contribution < 1.29 is 29.0 Å². The molecule has 2 aliphatic carbocycles. The van der Waals surface area contributed by atoms with E-state index >= 15 is 0 Å². The van der Waals surface area contributed by atoms with Crippen molar-refractivity contribution in [2.45, 2.75) is 50.1 Å². The molecule has 1 saturated carbocycles. The first-order valence-electron chi connectivity index (χ1n) is 11.9. The second kappa shape index (κ2) is 9.40. The van der Waals surface area contributed by atoms with E-state index in [-0.39, 0.29) is 25.0 Å². The lowest BCUT2D eigenvalue weighted by molar-refractivity contribution is -0.153. The Morgan fingerprint density at radius 2 is 1.69 bits per heavy atom. The summed E-state index contributed by atoms with van der Waals surface area (Å²) < 4.78 is 5.62. The second-order valence-electron chi connectivity index (χ2n) is 9.33. The van der Waals surface area contributed by atoms with Gasteiger partial charge in [0.05, 0.1) is 6.42 Å². The van der Waals surface area contributed by atoms with Crippen molar-refractivity contribution in [3.63, 3.8) is 0 Å². The molecule has 2 fully saturated rings. The Hall–Kier alpha value is -3.88. The van der Waals surface area contributed by atoms with E-state index in [1.165, 1.54) is 0 Å². The number of carboxylic acid groups (broad SMARTS) is 1. The number of fused-ring (bicyclic) bond motifs is 3. The molecule has 3 aliphatic rings. The fourth-order valence-corrected chi connectivity index (χ4v) is 5.48. The lowest BCUT2D eigenvalue weighted by Gasteiger charge is -2.32. The number of hydrazine groups is 1. The van der Waals surface area contributed by atoms with Crippen molar-refractivity contribution in [3.8, 4) is 11.1 Å². The summed E-state index contributed by atoms with van der Waals surface area (Å²) in [5, 5.41) is 13.1. The van der Waals surface area contributed by atoms with Crippen molar-refractivity contribution in [2.75, 3.05) is 6.61 Å². The largest absolute Gasteiger partial charge is 0.480 e. The average molecular weight is 478 g/mol. The summed E-state index contributed by atoms with van der Waals surface area (Å²) >= 11 is 0. The first-order chi connectivity index (χ1) is 16.9. The minimum absolute atomic E-state index is 0.0411. The number of nitrogens with zero attached hydrogens (tertiary/aromatic N) is 1. The molecule has 3 amide bonds. The van der Waals surface area contributed by atoms with E-state index in [9.17, 15) is 24.3 Å². The highest BCUT2D eigenvalue weighted by Gasteiger charge is 2.42. The van der Waals surface area contributed by atoms with Crippen LogP contribution in [0.4, 0.5) is 4.79 Å². The van der Waals surface area contributed by atoms with E-state index in [0.29, 0.717) is 25.7 Å². The van der Waals surface area contributed by atoms with Crippen molar-refractivity contribution in [3.05, 3.63) is 59.7 Å². The molecule has 0 aromatic heterocycles. The molecule has 1 aliphatic heterocycles. The van der Waals surface area contributed by atoms with Gasteiger partial charge in [-0.3, -0.25) is 15.0 Å². The van der Waals surface area contributed by atoms with Gasteiger partial charge in [0.2, 0.25) is 11.8 Å². The van der Waals surface area contributed by atoms with Crippen LogP contribution in [0.25, 0.3) is 11.1 Å². The predicted molar refractivity (Wildman–Crippen MR) is 125 cm³/mol. The number of carbonyl (C=O) groups excluding carboxylic acids is 3. The zero-order valence-electron chi connectivity index (χ0n) is 19.1. The highest BCUT2D eigenvalue weighted by molar-refractivity contribution is 5.94. The third-order valence-electron chi connectivity index (χ3n) is 7.15. The van der Waals surface area contributed by atoms with Crippen LogP contribution in [0.5, 0.6) is 0 Å². The lowest BCUT2D eigenvalue weighted by Crippen LogP contribution is -2.51. The Bertz CT molecular complexity index is 1140. The minimum Gasteiger partial charge on any atom is -0.480 e. The topological polar surface area (TPSA) is 125 Å². The number of carbonyl (C=O) groups is 4. The van der Waals surface area contributed by atoms with Crippen LogP contribution in [0.1, 0.15) is 49.1 Å². The molecule has 9 heteroatoms. The van der Waals surface area contributed by atoms with E-state index in [0.717, 1.165) is 27.3 Å². The smallest absolute Gasteiger partial charge is 0.407 e. The summed E-state index contributed by atoms with van der Waals surface area (Å²) in [6.45, 7) is 0.203. The van der Waals surface area contributed by atoms with E-state index in [1.54, 1.807) is 0 Å². The zero-order valence-corrected chi connectivity index (χ0v) is 19.1. The van der Waals surface area contributed by atoms with Crippen LogP contribution in [-0.2, 0) is 19.1 Å². The molecule has 2 aromatic carbocycles. The Morgan fingerprint density at radius 3 is 2.34 bits per heavy atom. The van der Waals surface area contributed by atoms with Gasteiger partial charge in [-0.1, -0.05) is 55.0 Å². The molecular weight excluding hydrogens is 450 g/mol. The van der Waals surface area contributed by atoms with E-state index in [2.05, 4.69) is 35.0 Å². The fourth-order valence-electron chi connectivity index (χ4n) is 5.48. The number of aliphatic carboxylic acids is 1. The number of hydrogen-bond acceptors (Lipinski definition) is 5. The van der Waals surface area contributed by atoms with Crippen LogP contribution in [0.15, 0.2) is 48.5 Å². The van der Waals surface area contributed by atoms with Gasteiger partial charge in [-0.25, -0.2) is 14.6 Å². The van der Waals surface area contributed by atoms with Crippen molar-refractivity contribution in [2.24, 2.45) is 5.92 Å². The first kappa shape index (κ1) is 22.9. The molecule has 182 valence electrons. The molecule has 1 heterocycles. The van der Waals surface area contributed by atoms with Crippen molar-refractivity contribution in [1.29, 1.82) is 0 Å². The van der Waals surface area contributed by atoms with Gasteiger partial charge in [0, 0.05) is 17.9 Å². The van der Waals surface area contributed by atoms with Gasteiger partial charge in [0.25, 0.3) is 0 Å². The van der Waals surface area contributed by atoms with Crippen LogP contribution in [-0.4, -0.2) is 52.7 Å². The monoisotopic (exact) mass is 477 g/mol. The number of carboxylic acids is 1. The van der Waals surface area contributed by atoms with Gasteiger partial charge in [-0.05, 0) is 41.5 Å². The summed E-state index contributed by atoms with van der Waals surface area (Å²) in [4.78, 5) is 48.7. The number of ether oxygens (including phenoxy) is 1. The lowest BCUT2D eigenvalue weighted by atomic mass is 9.85. The Labute approximate surface area is 202 Å². The van der Waals surface area contributed by atoms with Gasteiger partial charge < -0.3 is 15.2 Å². The maximum atomic E-state index is 12.9. The second-order valence-corrected chi connectivity index (χ2v) is 9.33. The summed E-state index contributed by atoms with van der Waals surface area (Å²) in [5.41, 5.74) is 6.92. The van der Waals surface area contributed by atoms with Crippen molar-refractivity contribution in [1.82, 2.24) is 15.8 Å². The Balaban J connectivity index is 1.18. The van der Waals surface area contributed by atoms with Crippen LogP contribution in [0.2, 0.25) is 0 Å². The number of rotatable bonds is 5. The standard InChI is InChI=1S/C26H27N3O6/c30-23-13-22(25(32)33)29(28-23)24(31)15-6-5-7-16(12-15)27-26(34)35-14-21-19-10-3-1-8-17(19)18-9-2-4-11-20(18)21/h1-4,8-11,15-16,21-22H,5-7,12-14H2,(H,27,34)(H,28,30)(H,32,33)/t15-,16+,22?/m0/s1. The summed E-state index contributed by atoms with van der Waals surface area (Å²) in [5.74, 6) is -2.67. The zero-order chi connectivity index (χ0) is 24.5. The van der Waals surface area contributed by atoms with Gasteiger partial charge >= 0.3 is 12.1 Å². The number of alkyl carbamates (subject to hydrolysis) is 1. The number of hydrogen-bond donors (Lipinski definition) is 3. The van der Waals surface area contributed by atoms with Crippen LogP contribution >= 0.6 is 0 Å². The summed E-state index contributed by atoms with van der Waals surface area (Å²) in [7, 11) is 0. The number of amides is 3. The maximum Gasteiger partial charge on any atom is 0.407 e. The Morgan fingerprint density at radius 1 is 1.03 bits per heavy atom. The quantitative estimate of drug-likeness (QED) is 0.608. The fraction of sp³-hybridized carbons (Fsp3) is 0.385. The van der Waals surface area contributed by atoms with Crippen LogP contribution in [0.3, 0.4) is 0 Å². The van der Waals surface area contributed by atoms with Gasteiger partial charge in [0.1, 0.15) is 6.61 Å². The highest BCUT2D eigenvalue weighted by atomic mass is 16.5. The summed E-state index contributed by atoms with van der Waals surface area (Å²) in [6.07, 6.45) is 1.53. The van der Waals surface area contributed by atoms with Gasteiger partial charge in [-0.15, -0.1) is 0 Å². The number of benzene rings is 2. The Kier molecular flexibility index (Phi) is 6.15. The first-order valence-corrected chi connectivity index (χ1v) is 11.9. The molecule has 0 spiro atoms. The maximum absolute atomic E-state index is 12.9. The molecule has 5 rings (SSSR count). The predicted octanol–water partition coefficient (Wildman–Crippen LogP) is 2.80. The molecule has 2 aromatic rings. The minimum atomic E-state index is -1.22. The molecular formula is C26H27N3O6. The molecule has 0 radical (unpaired) electrons. The number of nitrogens with one attached hydrogen (secondary N) is 2. The van der Waals surface area contributed by atoms with E-state index in [4.69, 9.17) is 4.74 Å². The third kappa shape index (κ3) is 4.45. The molecule has 3 atom stereocenters.